The molecule has 0 saturated heterocycles. The first-order chi connectivity index (χ1) is 4.09. The molecular weight excluding hydrogens is 128 g/mol. The van der Waals surface area contributed by atoms with Gasteiger partial charge in [-0.05, 0) is 0 Å². The molecule has 0 aromatic rings. The van der Waals surface area contributed by atoms with Crippen LogP contribution in [0.25, 0.3) is 0 Å². The molecule has 0 fully saturated rings. The van der Waals surface area contributed by atoms with Gasteiger partial charge in [0.25, 0.3) is 0 Å². The fourth-order valence-corrected chi connectivity index (χ4v) is 0.186. The SMILES string of the molecule is O=C([O-])/C(=C/[O-])C(=O)O. The highest BCUT2D eigenvalue weighted by atomic mass is 16.4. The Morgan fingerprint density at radius 3 is 1.89 bits per heavy atom. The van der Waals surface area contributed by atoms with Crippen LogP contribution in [0.5, 0.6) is 0 Å². The van der Waals surface area contributed by atoms with Crippen molar-refractivity contribution in [2.75, 3.05) is 0 Å². The van der Waals surface area contributed by atoms with Crippen LogP contribution >= 0.6 is 0 Å². The van der Waals surface area contributed by atoms with Gasteiger partial charge >= 0.3 is 5.97 Å². The molecule has 0 aromatic carbocycles. The second kappa shape index (κ2) is 2.71. The Morgan fingerprint density at radius 2 is 1.89 bits per heavy atom. The smallest absolute Gasteiger partial charge is 0.336 e. The van der Waals surface area contributed by atoms with E-state index in [9.17, 15) is 19.8 Å². The lowest BCUT2D eigenvalue weighted by Gasteiger charge is -2.03. The van der Waals surface area contributed by atoms with Gasteiger partial charge in [-0.1, -0.05) is 0 Å². The summed E-state index contributed by atoms with van der Waals surface area (Å²) < 4.78 is 0. The molecule has 0 bridgehead atoms. The standard InChI is InChI=1S/C4H4O5/c5-1-2(3(6)7)4(8)9/h1,5H,(H,6,7)(H,8,9)/p-2. The largest absolute Gasteiger partial charge is 0.877 e. The first-order valence-corrected chi connectivity index (χ1v) is 1.86. The van der Waals surface area contributed by atoms with E-state index < -0.39 is 17.5 Å². The Bertz CT molecular complexity index is 152. The summed E-state index contributed by atoms with van der Waals surface area (Å²) in [5, 5.41) is 27.0. The molecule has 0 aliphatic heterocycles. The van der Waals surface area contributed by atoms with Crippen LogP contribution in [0.3, 0.4) is 0 Å². The van der Waals surface area contributed by atoms with Crippen molar-refractivity contribution >= 4 is 11.9 Å². The van der Waals surface area contributed by atoms with Gasteiger partial charge in [0.15, 0.2) is 0 Å². The van der Waals surface area contributed by atoms with Gasteiger partial charge in [-0.15, -0.1) is 6.26 Å². The molecule has 0 saturated carbocycles. The van der Waals surface area contributed by atoms with Crippen molar-refractivity contribution in [3.05, 3.63) is 11.8 Å². The highest BCUT2D eigenvalue weighted by Crippen LogP contribution is 1.86. The summed E-state index contributed by atoms with van der Waals surface area (Å²) in [4.78, 5) is 19.3. The predicted molar refractivity (Wildman–Crippen MR) is 20.7 cm³/mol. The van der Waals surface area contributed by atoms with Crippen molar-refractivity contribution in [3.8, 4) is 0 Å². The highest BCUT2D eigenvalue weighted by molar-refractivity contribution is 6.11. The predicted octanol–water partition coefficient (Wildman–Crippen LogP) is -2.93. The number of carboxylic acid groups (broad SMARTS) is 2. The molecule has 0 amide bonds. The van der Waals surface area contributed by atoms with Crippen molar-refractivity contribution < 1.29 is 24.9 Å². The Morgan fingerprint density at radius 1 is 1.44 bits per heavy atom. The molecule has 0 atom stereocenters. The summed E-state index contributed by atoms with van der Waals surface area (Å²) in [5.74, 6) is -3.76. The molecule has 0 spiro atoms. The molecule has 50 valence electrons. The van der Waals surface area contributed by atoms with Gasteiger partial charge in [0, 0.05) is 0 Å². The van der Waals surface area contributed by atoms with E-state index in [4.69, 9.17) is 5.11 Å². The minimum Gasteiger partial charge on any atom is -0.877 e. The van der Waals surface area contributed by atoms with Crippen LogP contribution in [0, 0.1) is 0 Å². The summed E-state index contributed by atoms with van der Waals surface area (Å²) in [6.45, 7) is 0. The highest BCUT2D eigenvalue weighted by Gasteiger charge is 2.02. The zero-order valence-electron chi connectivity index (χ0n) is 4.16. The number of hydrogen-bond acceptors (Lipinski definition) is 4. The van der Waals surface area contributed by atoms with Gasteiger partial charge in [0.05, 0.1) is 11.5 Å². The van der Waals surface area contributed by atoms with E-state index in [0.29, 0.717) is 0 Å². The molecule has 0 aliphatic carbocycles. The summed E-state index contributed by atoms with van der Waals surface area (Å²) in [7, 11) is 0. The van der Waals surface area contributed by atoms with Crippen molar-refractivity contribution in [1.82, 2.24) is 0 Å². The van der Waals surface area contributed by atoms with Crippen LogP contribution in [-0.4, -0.2) is 17.0 Å². The maximum Gasteiger partial charge on any atom is 0.336 e. The van der Waals surface area contributed by atoms with Gasteiger partial charge in [0.2, 0.25) is 0 Å². The lowest BCUT2D eigenvalue weighted by molar-refractivity contribution is -0.303. The Labute approximate surface area is 49.9 Å². The Kier molecular flexibility index (Phi) is 2.25. The molecule has 5 nitrogen and oxygen atoms in total. The van der Waals surface area contributed by atoms with Crippen molar-refractivity contribution in [2.24, 2.45) is 0 Å². The van der Waals surface area contributed by atoms with Gasteiger partial charge in [-0.3, -0.25) is 0 Å². The van der Waals surface area contributed by atoms with Crippen molar-refractivity contribution in [2.45, 2.75) is 0 Å². The molecule has 5 heteroatoms. The van der Waals surface area contributed by atoms with E-state index in [1.54, 1.807) is 0 Å². The van der Waals surface area contributed by atoms with Crippen molar-refractivity contribution in [1.29, 1.82) is 0 Å². The minimum atomic E-state index is -1.97. The fraction of sp³-hybridized carbons (Fsp3) is 0. The van der Waals surface area contributed by atoms with Gasteiger partial charge in [0.1, 0.15) is 0 Å². The summed E-state index contributed by atoms with van der Waals surface area (Å²) in [6.07, 6.45) is -0.280. The Hall–Kier alpha value is -1.52. The Balaban J connectivity index is 4.38. The van der Waals surface area contributed by atoms with Gasteiger partial charge in [-0.2, -0.15) is 0 Å². The summed E-state index contributed by atoms with van der Waals surface area (Å²) in [6, 6.07) is 0. The molecule has 0 aromatic heterocycles. The molecule has 9 heavy (non-hydrogen) atoms. The molecule has 0 unspecified atom stereocenters. The lowest BCUT2D eigenvalue weighted by Crippen LogP contribution is -2.29. The van der Waals surface area contributed by atoms with Crippen LogP contribution in [0.15, 0.2) is 11.8 Å². The average Bonchev–Trinajstić information content (AvgIpc) is 1.64. The number of carbonyl (C=O) groups is 2. The van der Waals surface area contributed by atoms with Gasteiger partial charge in [-0.25, -0.2) is 4.79 Å². The zero-order valence-corrected chi connectivity index (χ0v) is 4.16. The van der Waals surface area contributed by atoms with E-state index in [1.807, 2.05) is 0 Å². The van der Waals surface area contributed by atoms with E-state index in [0.717, 1.165) is 0 Å². The quantitative estimate of drug-likeness (QED) is 0.186. The van der Waals surface area contributed by atoms with Crippen molar-refractivity contribution in [3.63, 3.8) is 0 Å². The first-order valence-electron chi connectivity index (χ1n) is 1.86. The maximum atomic E-state index is 9.68. The third-order valence-electron chi connectivity index (χ3n) is 0.568. The zero-order chi connectivity index (χ0) is 7.44. The van der Waals surface area contributed by atoms with Crippen LogP contribution in [-0.2, 0) is 9.59 Å². The second-order valence-electron chi connectivity index (χ2n) is 1.12. The van der Waals surface area contributed by atoms with Crippen LogP contribution < -0.4 is 10.2 Å². The maximum absolute atomic E-state index is 9.68. The topological polar surface area (TPSA) is 100 Å². The number of carboxylic acids is 2. The monoisotopic (exact) mass is 130 g/mol. The van der Waals surface area contributed by atoms with Crippen LogP contribution in [0.2, 0.25) is 0 Å². The molecule has 0 heterocycles. The van der Waals surface area contributed by atoms with Crippen LogP contribution in [0.1, 0.15) is 0 Å². The first kappa shape index (κ1) is 7.48. The fourth-order valence-electron chi connectivity index (χ4n) is 0.186. The number of hydrogen-bond donors (Lipinski definition) is 1. The van der Waals surface area contributed by atoms with E-state index in [2.05, 4.69) is 0 Å². The number of rotatable bonds is 2. The molecule has 0 rings (SSSR count). The number of carbonyl (C=O) groups excluding carboxylic acids is 1. The molecule has 0 radical (unpaired) electrons. The normalized spacial score (nSPS) is 10.9. The minimum absolute atomic E-state index is 0.280. The number of aliphatic carboxylic acids is 2. The molecule has 1 N–H and O–H groups in total. The van der Waals surface area contributed by atoms with Crippen LogP contribution in [0.4, 0.5) is 0 Å². The summed E-state index contributed by atoms with van der Waals surface area (Å²) in [5.41, 5.74) is -1.27. The van der Waals surface area contributed by atoms with E-state index in [1.165, 1.54) is 0 Å². The lowest BCUT2D eigenvalue weighted by atomic mass is 10.3. The van der Waals surface area contributed by atoms with E-state index >= 15 is 0 Å². The average molecular weight is 130 g/mol. The molecule has 0 aliphatic rings. The third kappa shape index (κ3) is 1.81. The van der Waals surface area contributed by atoms with E-state index in [-0.39, 0.29) is 6.26 Å². The molecular formula is C4H2O5-2. The van der Waals surface area contributed by atoms with Gasteiger partial charge < -0.3 is 20.1 Å². The second-order valence-corrected chi connectivity index (χ2v) is 1.12. The third-order valence-corrected chi connectivity index (χ3v) is 0.568. The summed E-state index contributed by atoms with van der Waals surface area (Å²) >= 11 is 0.